The van der Waals surface area contributed by atoms with Crippen LogP contribution in [0.2, 0.25) is 0 Å². The normalized spacial score (nSPS) is 16.5. The zero-order valence-electron chi connectivity index (χ0n) is 22.8. The minimum Gasteiger partial charge on any atom is -0.382 e. The van der Waals surface area contributed by atoms with E-state index in [1.54, 1.807) is 0 Å². The van der Waals surface area contributed by atoms with Gasteiger partial charge in [0, 0.05) is 44.8 Å². The SMILES string of the molecule is C=C.CCNCc1[nH]c(=O)c(N2CCN(C(CCNC=O)CCc3ccc(C)cc3)C(CC)C2)nc1N. The number of rotatable bonds is 13. The minimum absolute atomic E-state index is 0.193. The van der Waals surface area contributed by atoms with Gasteiger partial charge in [0.2, 0.25) is 6.41 Å². The smallest absolute Gasteiger partial charge is 0.291 e. The number of piperazine rings is 1. The van der Waals surface area contributed by atoms with E-state index in [4.69, 9.17) is 5.73 Å². The molecule has 204 valence electrons. The van der Waals surface area contributed by atoms with Gasteiger partial charge < -0.3 is 26.3 Å². The van der Waals surface area contributed by atoms with Gasteiger partial charge in [-0.05, 0) is 44.7 Å². The van der Waals surface area contributed by atoms with Crippen molar-refractivity contribution >= 4 is 18.0 Å². The summed E-state index contributed by atoms with van der Waals surface area (Å²) in [6.07, 6.45) is 4.64. The number of hydrogen-bond donors (Lipinski definition) is 4. The lowest BCUT2D eigenvalue weighted by molar-refractivity contribution is -0.109. The highest BCUT2D eigenvalue weighted by atomic mass is 16.1. The summed E-state index contributed by atoms with van der Waals surface area (Å²) in [5, 5.41) is 6.01. The molecule has 1 aromatic carbocycles. The Morgan fingerprint density at radius 3 is 2.59 bits per heavy atom. The molecule has 37 heavy (non-hydrogen) atoms. The highest BCUT2D eigenvalue weighted by Crippen LogP contribution is 2.24. The largest absolute Gasteiger partial charge is 0.382 e. The summed E-state index contributed by atoms with van der Waals surface area (Å²) < 4.78 is 0. The number of carbonyl (C=O) groups is 1. The van der Waals surface area contributed by atoms with E-state index in [-0.39, 0.29) is 11.6 Å². The summed E-state index contributed by atoms with van der Waals surface area (Å²) in [5.74, 6) is 0.770. The monoisotopic (exact) mass is 511 g/mol. The van der Waals surface area contributed by atoms with Crippen LogP contribution in [0.5, 0.6) is 0 Å². The molecule has 0 spiro atoms. The maximum absolute atomic E-state index is 12.8. The number of nitrogens with one attached hydrogen (secondary N) is 3. The van der Waals surface area contributed by atoms with Gasteiger partial charge in [-0.1, -0.05) is 43.7 Å². The maximum atomic E-state index is 12.8. The minimum atomic E-state index is -0.193. The quantitative estimate of drug-likeness (QED) is 0.185. The number of anilines is 2. The summed E-state index contributed by atoms with van der Waals surface area (Å²) in [7, 11) is 0. The van der Waals surface area contributed by atoms with Gasteiger partial charge in [0.05, 0.1) is 5.69 Å². The number of aromatic amines is 1. The lowest BCUT2D eigenvalue weighted by Gasteiger charge is -2.45. The summed E-state index contributed by atoms with van der Waals surface area (Å²) in [6, 6.07) is 9.35. The second-order valence-corrected chi connectivity index (χ2v) is 9.32. The Bertz CT molecular complexity index is 1010. The second-order valence-electron chi connectivity index (χ2n) is 9.32. The predicted molar refractivity (Wildman–Crippen MR) is 153 cm³/mol. The molecule has 2 aromatic rings. The lowest BCUT2D eigenvalue weighted by atomic mass is 9.97. The average molecular weight is 512 g/mol. The average Bonchev–Trinajstić information content (AvgIpc) is 2.92. The molecule has 0 aliphatic carbocycles. The molecule has 1 amide bonds. The van der Waals surface area contributed by atoms with Crippen LogP contribution in [0.15, 0.2) is 42.2 Å². The number of hydrogen-bond acceptors (Lipinski definition) is 7. The van der Waals surface area contributed by atoms with Gasteiger partial charge in [0.25, 0.3) is 5.56 Å². The Hall–Kier alpha value is -3.17. The first-order valence-electron chi connectivity index (χ1n) is 13.3. The molecular formula is C28H45N7O2. The fourth-order valence-corrected chi connectivity index (χ4v) is 4.87. The Morgan fingerprint density at radius 1 is 1.22 bits per heavy atom. The number of H-pyrrole nitrogens is 1. The van der Waals surface area contributed by atoms with Crippen LogP contribution in [0.4, 0.5) is 11.6 Å². The first-order chi connectivity index (χ1) is 18.0. The number of aromatic nitrogens is 2. The van der Waals surface area contributed by atoms with Gasteiger partial charge in [0.15, 0.2) is 5.82 Å². The molecule has 1 aliphatic heterocycles. The number of nitrogen functional groups attached to an aromatic ring is 1. The van der Waals surface area contributed by atoms with Crippen LogP contribution in [-0.4, -0.2) is 66.1 Å². The molecule has 0 radical (unpaired) electrons. The van der Waals surface area contributed by atoms with Crippen molar-refractivity contribution in [3.05, 3.63) is 64.6 Å². The second kappa shape index (κ2) is 15.8. The fourth-order valence-electron chi connectivity index (χ4n) is 4.87. The van der Waals surface area contributed by atoms with Crippen molar-refractivity contribution in [1.29, 1.82) is 0 Å². The molecule has 1 aliphatic rings. The van der Waals surface area contributed by atoms with E-state index >= 15 is 0 Å². The number of amides is 1. The predicted octanol–water partition coefficient (Wildman–Crippen LogP) is 2.61. The van der Waals surface area contributed by atoms with Gasteiger partial charge in [0.1, 0.15) is 5.82 Å². The number of aryl methyl sites for hydroxylation is 2. The molecule has 5 N–H and O–H groups in total. The molecule has 1 saturated heterocycles. The lowest BCUT2D eigenvalue weighted by Crippen LogP contribution is -2.57. The Balaban J connectivity index is 0.00000235. The maximum Gasteiger partial charge on any atom is 0.291 e. The van der Waals surface area contributed by atoms with E-state index in [2.05, 4.69) is 81.7 Å². The summed E-state index contributed by atoms with van der Waals surface area (Å²) in [5.41, 5.74) is 9.19. The molecule has 2 heterocycles. The van der Waals surface area contributed by atoms with Crippen molar-refractivity contribution in [3.63, 3.8) is 0 Å². The zero-order chi connectivity index (χ0) is 27.2. The van der Waals surface area contributed by atoms with Crippen molar-refractivity contribution in [1.82, 2.24) is 25.5 Å². The highest BCUT2D eigenvalue weighted by molar-refractivity contribution is 5.46. The summed E-state index contributed by atoms with van der Waals surface area (Å²) in [6.45, 7) is 16.5. The molecule has 9 nitrogen and oxygen atoms in total. The van der Waals surface area contributed by atoms with E-state index in [9.17, 15) is 9.59 Å². The first kappa shape index (κ1) is 30.1. The van der Waals surface area contributed by atoms with Gasteiger partial charge >= 0.3 is 0 Å². The van der Waals surface area contributed by atoms with E-state index < -0.39 is 0 Å². The summed E-state index contributed by atoms with van der Waals surface area (Å²) in [4.78, 5) is 35.7. The van der Waals surface area contributed by atoms with Crippen molar-refractivity contribution in [3.8, 4) is 0 Å². The third kappa shape index (κ3) is 8.72. The molecule has 0 saturated carbocycles. The van der Waals surface area contributed by atoms with Crippen LogP contribution < -0.4 is 26.8 Å². The first-order valence-corrected chi connectivity index (χ1v) is 13.3. The third-order valence-corrected chi connectivity index (χ3v) is 6.91. The van der Waals surface area contributed by atoms with E-state index in [0.29, 0.717) is 43.0 Å². The molecular weight excluding hydrogens is 466 g/mol. The Kier molecular flexibility index (Phi) is 12.9. The van der Waals surface area contributed by atoms with E-state index in [1.807, 2.05) is 6.92 Å². The van der Waals surface area contributed by atoms with Gasteiger partial charge in [-0.3, -0.25) is 14.5 Å². The Labute approximate surface area is 221 Å². The van der Waals surface area contributed by atoms with Crippen molar-refractivity contribution in [2.24, 2.45) is 0 Å². The molecule has 2 unspecified atom stereocenters. The number of nitrogens with zero attached hydrogens (tertiary/aromatic N) is 3. The van der Waals surface area contributed by atoms with Crippen LogP contribution in [0.25, 0.3) is 0 Å². The molecule has 2 atom stereocenters. The standard InChI is InChI=1S/C26H41N7O2.C2H4/c1-4-21-17-32(25-26(35)30-23(16-28-5-2)24(27)31-25)14-15-33(21)22(12-13-29-18-34)11-10-20-8-6-19(3)7-9-20;1-2/h6-9,18,21-22,28H,4-5,10-17H2,1-3H3,(H2,27,31)(H,29,34)(H,30,35);1-2H2. The molecule has 1 aromatic heterocycles. The van der Waals surface area contributed by atoms with Gasteiger partial charge in [-0.25, -0.2) is 4.98 Å². The highest BCUT2D eigenvalue weighted by Gasteiger charge is 2.32. The Morgan fingerprint density at radius 2 is 1.95 bits per heavy atom. The zero-order valence-corrected chi connectivity index (χ0v) is 22.8. The van der Waals surface area contributed by atoms with Gasteiger partial charge in [-0.2, -0.15) is 0 Å². The molecule has 1 fully saturated rings. The number of benzene rings is 1. The summed E-state index contributed by atoms with van der Waals surface area (Å²) >= 11 is 0. The van der Waals surface area contributed by atoms with Crippen molar-refractivity contribution in [2.45, 2.75) is 65.1 Å². The van der Waals surface area contributed by atoms with Crippen LogP contribution in [0.3, 0.4) is 0 Å². The van der Waals surface area contributed by atoms with Crippen molar-refractivity contribution < 1.29 is 4.79 Å². The molecule has 0 bridgehead atoms. The van der Waals surface area contributed by atoms with Gasteiger partial charge in [-0.15, -0.1) is 13.2 Å². The van der Waals surface area contributed by atoms with Crippen LogP contribution in [-0.2, 0) is 17.8 Å². The molecule has 9 heteroatoms. The van der Waals surface area contributed by atoms with Crippen LogP contribution >= 0.6 is 0 Å². The number of carbonyl (C=O) groups excluding carboxylic acids is 1. The topological polar surface area (TPSA) is 119 Å². The van der Waals surface area contributed by atoms with E-state index in [1.165, 1.54) is 11.1 Å². The third-order valence-electron chi connectivity index (χ3n) is 6.91. The molecule has 3 rings (SSSR count). The van der Waals surface area contributed by atoms with Crippen LogP contribution in [0, 0.1) is 6.92 Å². The fraction of sp³-hybridized carbons (Fsp3) is 0.536. The van der Waals surface area contributed by atoms with E-state index in [0.717, 1.165) is 51.7 Å². The van der Waals surface area contributed by atoms with Crippen LogP contribution in [0.1, 0.15) is 49.9 Å². The number of nitrogens with two attached hydrogens (primary N) is 1. The van der Waals surface area contributed by atoms with Crippen molar-refractivity contribution in [2.75, 3.05) is 43.4 Å².